The van der Waals surface area contributed by atoms with Gasteiger partial charge >= 0.3 is 6.18 Å². The highest BCUT2D eigenvalue weighted by atomic mass is 31.2. The van der Waals surface area contributed by atoms with E-state index in [2.05, 4.69) is 20.5 Å². The smallest absolute Gasteiger partial charge is 0.171 e. The Bertz CT molecular complexity index is 148. The lowest BCUT2D eigenvalue weighted by Gasteiger charge is -2.22. The number of hydrogen-bond acceptors (Lipinski definition) is 0. The minimum Gasteiger partial charge on any atom is -0.171 e. The molecular weight excluding hydrogens is 208 g/mol. The zero-order valence-corrected chi connectivity index (χ0v) is 10.2. The van der Waals surface area contributed by atoms with E-state index in [0.717, 1.165) is 25.2 Å². The average molecular weight is 229 g/mol. The Labute approximate surface area is 85.6 Å². The summed E-state index contributed by atoms with van der Waals surface area (Å²) >= 11 is 0. The summed E-state index contributed by atoms with van der Waals surface area (Å²) in [6.45, 7) is 6.20. The van der Waals surface area contributed by atoms with E-state index < -0.39 is 19.9 Å². The second kappa shape index (κ2) is 5.95. The van der Waals surface area contributed by atoms with Gasteiger partial charge in [-0.15, -0.1) is 0 Å². The first-order chi connectivity index (χ1) is 6.33. The summed E-state index contributed by atoms with van der Waals surface area (Å²) in [7, 11) is -1.29. The zero-order valence-electron chi connectivity index (χ0n) is 9.32. The maximum absolute atomic E-state index is 12.1. The van der Waals surface area contributed by atoms with Crippen LogP contribution < -0.4 is 0 Å². The van der Waals surface area contributed by atoms with Crippen molar-refractivity contribution in [3.63, 3.8) is 0 Å². The molecule has 0 rings (SSSR count). The largest absolute Gasteiger partial charge is 0.392 e. The molecule has 0 N–H and O–H groups in total. The molecule has 0 atom stereocenters. The van der Waals surface area contributed by atoms with Crippen molar-refractivity contribution in [2.45, 2.75) is 39.3 Å². The Kier molecular flexibility index (Phi) is 6.04. The fourth-order valence-electron chi connectivity index (χ4n) is 1.81. The molecule has 0 aromatic heterocycles. The van der Waals surface area contributed by atoms with Crippen LogP contribution in [0.3, 0.4) is 0 Å². The number of hydrogen-bond donors (Lipinski definition) is 0. The van der Waals surface area contributed by atoms with Gasteiger partial charge in [-0.1, -0.05) is 13.8 Å². The van der Waals surface area contributed by atoms with E-state index in [0.29, 0.717) is 6.16 Å². The van der Waals surface area contributed by atoms with Gasteiger partial charge in [0, 0.05) is 13.9 Å². The van der Waals surface area contributed by atoms with Crippen LogP contribution in [0.2, 0.25) is 0 Å². The van der Waals surface area contributed by atoms with Crippen molar-refractivity contribution < 1.29 is 13.2 Å². The molecule has 0 aliphatic heterocycles. The van der Waals surface area contributed by atoms with Crippen LogP contribution in [0.15, 0.2) is 0 Å². The molecule has 0 saturated heterocycles. The Hall–Kier alpha value is 0.220. The number of halogens is 3. The van der Waals surface area contributed by atoms with Gasteiger partial charge in [0.2, 0.25) is 0 Å². The van der Waals surface area contributed by atoms with Crippen molar-refractivity contribution in [3.05, 3.63) is 0 Å². The average Bonchev–Trinajstić information content (AvgIpc) is 2.01. The van der Waals surface area contributed by atoms with Crippen LogP contribution in [0.1, 0.15) is 33.1 Å². The zero-order chi connectivity index (χ0) is 11.2. The maximum Gasteiger partial charge on any atom is 0.392 e. The SMILES string of the molecule is CCC[P+](C)(CCC)CCC(F)(F)F. The topological polar surface area (TPSA) is 0 Å². The third-order valence-corrected chi connectivity index (χ3v) is 6.82. The van der Waals surface area contributed by atoms with E-state index in [9.17, 15) is 13.2 Å². The summed E-state index contributed by atoms with van der Waals surface area (Å²) in [5, 5.41) is 0. The van der Waals surface area contributed by atoms with Crippen molar-refractivity contribution in [2.24, 2.45) is 0 Å². The normalized spacial score (nSPS) is 13.3. The lowest BCUT2D eigenvalue weighted by atomic mass is 10.5. The third kappa shape index (κ3) is 6.64. The lowest BCUT2D eigenvalue weighted by Crippen LogP contribution is -2.14. The maximum atomic E-state index is 12.1. The van der Waals surface area contributed by atoms with Gasteiger partial charge in [0.15, 0.2) is 0 Å². The highest BCUT2D eigenvalue weighted by molar-refractivity contribution is 7.75. The van der Waals surface area contributed by atoms with Gasteiger partial charge in [0.05, 0.1) is 24.9 Å². The number of alkyl halides is 3. The molecule has 0 fully saturated rings. The molecule has 0 bridgehead atoms. The molecule has 4 heteroatoms. The molecule has 0 radical (unpaired) electrons. The predicted molar refractivity (Wildman–Crippen MR) is 58.7 cm³/mol. The molecule has 0 aromatic carbocycles. The van der Waals surface area contributed by atoms with Crippen LogP contribution >= 0.6 is 7.26 Å². The van der Waals surface area contributed by atoms with Crippen molar-refractivity contribution in [2.75, 3.05) is 25.2 Å². The quantitative estimate of drug-likeness (QED) is 0.592. The summed E-state index contributed by atoms with van der Waals surface area (Å²) in [4.78, 5) is 0. The van der Waals surface area contributed by atoms with Crippen molar-refractivity contribution in [1.29, 1.82) is 0 Å². The van der Waals surface area contributed by atoms with Crippen LogP contribution in [0.4, 0.5) is 13.2 Å². The van der Waals surface area contributed by atoms with E-state index in [-0.39, 0.29) is 0 Å². The summed E-state index contributed by atoms with van der Waals surface area (Å²) in [6.07, 6.45) is -0.115. The lowest BCUT2D eigenvalue weighted by molar-refractivity contribution is -0.129. The van der Waals surface area contributed by atoms with E-state index in [1.807, 2.05) is 0 Å². The number of rotatable bonds is 6. The van der Waals surface area contributed by atoms with Crippen molar-refractivity contribution in [3.8, 4) is 0 Å². The summed E-state index contributed by atoms with van der Waals surface area (Å²) < 4.78 is 36.3. The van der Waals surface area contributed by atoms with Gasteiger partial charge < -0.3 is 0 Å². The summed E-state index contributed by atoms with van der Waals surface area (Å²) in [6, 6.07) is 0. The molecule has 0 unspecified atom stereocenters. The van der Waals surface area contributed by atoms with E-state index in [1.54, 1.807) is 0 Å². The molecule has 0 heterocycles. The first-order valence-corrected chi connectivity index (χ1v) is 8.02. The van der Waals surface area contributed by atoms with Crippen LogP contribution in [-0.2, 0) is 0 Å². The molecular formula is C10H21F3P+. The van der Waals surface area contributed by atoms with Crippen LogP contribution in [0, 0.1) is 0 Å². The Morgan fingerprint density at radius 1 is 0.929 bits per heavy atom. The minimum atomic E-state index is -3.97. The summed E-state index contributed by atoms with van der Waals surface area (Å²) in [5.74, 6) is 0. The molecule has 0 saturated carbocycles. The first kappa shape index (κ1) is 14.2. The predicted octanol–water partition coefficient (Wildman–Crippen LogP) is 4.41. The Morgan fingerprint density at radius 2 is 1.36 bits per heavy atom. The van der Waals surface area contributed by atoms with Crippen molar-refractivity contribution >= 4 is 7.26 Å². The van der Waals surface area contributed by atoms with E-state index in [1.165, 1.54) is 0 Å². The van der Waals surface area contributed by atoms with Gasteiger partial charge in [-0.2, -0.15) is 13.2 Å². The van der Waals surface area contributed by atoms with E-state index >= 15 is 0 Å². The highest BCUT2D eigenvalue weighted by Gasteiger charge is 2.36. The molecule has 14 heavy (non-hydrogen) atoms. The second-order valence-electron chi connectivity index (χ2n) is 4.16. The van der Waals surface area contributed by atoms with Gasteiger partial charge in [-0.05, 0) is 12.8 Å². The minimum absolute atomic E-state index is 0.387. The van der Waals surface area contributed by atoms with Gasteiger partial charge in [0.1, 0.15) is 0 Å². The van der Waals surface area contributed by atoms with Crippen LogP contribution in [0.5, 0.6) is 0 Å². The monoisotopic (exact) mass is 229 g/mol. The molecule has 0 aliphatic rings. The molecule has 0 aliphatic carbocycles. The highest BCUT2D eigenvalue weighted by Crippen LogP contribution is 2.57. The molecule has 0 amide bonds. The Morgan fingerprint density at radius 3 is 1.64 bits per heavy atom. The third-order valence-electron chi connectivity index (χ3n) is 2.46. The second-order valence-corrected chi connectivity index (χ2v) is 8.74. The standard InChI is InChI=1S/C10H21F3P/c1-4-7-14(3,8-5-2)9-6-10(11,12)13/h4-9H2,1-3H3/q+1. The van der Waals surface area contributed by atoms with Crippen LogP contribution in [0.25, 0.3) is 0 Å². The van der Waals surface area contributed by atoms with Gasteiger partial charge in [0.25, 0.3) is 0 Å². The van der Waals surface area contributed by atoms with Gasteiger partial charge in [-0.3, -0.25) is 0 Å². The first-order valence-electron chi connectivity index (χ1n) is 5.23. The fraction of sp³-hybridized carbons (Fsp3) is 1.00. The fourth-order valence-corrected chi connectivity index (χ4v) is 5.44. The van der Waals surface area contributed by atoms with Crippen molar-refractivity contribution in [1.82, 2.24) is 0 Å². The van der Waals surface area contributed by atoms with E-state index in [4.69, 9.17) is 0 Å². The summed E-state index contributed by atoms with van der Waals surface area (Å²) in [5.41, 5.74) is 0. The molecule has 0 spiro atoms. The van der Waals surface area contributed by atoms with Gasteiger partial charge in [-0.25, -0.2) is 0 Å². The van der Waals surface area contributed by atoms with Crippen LogP contribution in [-0.4, -0.2) is 31.3 Å². The molecule has 0 aromatic rings. The Balaban J connectivity index is 4.08. The molecule has 86 valence electrons. The molecule has 0 nitrogen and oxygen atoms in total.